The second kappa shape index (κ2) is 9.11. The van der Waals surface area contributed by atoms with E-state index in [1.165, 1.54) is 11.8 Å². The molecule has 2 aliphatic heterocycles. The standard InChI is InChI=1S/C21H19BrN4O4S/c1-3-29-17(27)11-30-16-7-5-4-6-13(16)19-23-15-9-8-12(22)10-14(15)18-20(28)24-21(31-2)25-26(18)19/h4-10,19H,3,11H2,1-2H3,(H,24,25,28). The van der Waals surface area contributed by atoms with Crippen molar-refractivity contribution in [1.82, 2.24) is 10.3 Å². The Morgan fingerprint density at radius 3 is 2.87 bits per heavy atom. The summed E-state index contributed by atoms with van der Waals surface area (Å²) in [4.78, 5) is 29.6. The molecule has 0 saturated heterocycles. The van der Waals surface area contributed by atoms with Crippen molar-refractivity contribution >= 4 is 50.4 Å². The molecule has 2 heterocycles. The molecule has 0 saturated carbocycles. The molecule has 0 spiro atoms. The van der Waals surface area contributed by atoms with Gasteiger partial charge < -0.3 is 9.47 Å². The smallest absolute Gasteiger partial charge is 0.344 e. The molecule has 2 aromatic rings. The number of ether oxygens (including phenoxy) is 2. The van der Waals surface area contributed by atoms with Gasteiger partial charge in [0.2, 0.25) is 0 Å². The van der Waals surface area contributed by atoms with Crippen LogP contribution < -0.4 is 20.6 Å². The predicted molar refractivity (Wildman–Crippen MR) is 121 cm³/mol. The van der Waals surface area contributed by atoms with Crippen molar-refractivity contribution in [2.75, 3.05) is 19.5 Å². The molecular formula is C21H19BrN4O4S. The second-order valence-corrected chi connectivity index (χ2v) is 8.26. The summed E-state index contributed by atoms with van der Waals surface area (Å²) >= 11 is 4.79. The summed E-state index contributed by atoms with van der Waals surface area (Å²) in [6.07, 6.45) is 1.19. The van der Waals surface area contributed by atoms with Gasteiger partial charge in [-0.25, -0.2) is 9.80 Å². The third-order valence-corrected chi connectivity index (χ3v) is 5.67. The van der Waals surface area contributed by atoms with Crippen molar-refractivity contribution in [2.24, 2.45) is 10.1 Å². The maximum Gasteiger partial charge on any atom is 0.344 e. The van der Waals surface area contributed by atoms with Crippen LogP contribution in [0.25, 0.3) is 5.70 Å². The van der Waals surface area contributed by atoms with E-state index in [0.717, 1.165) is 4.47 Å². The van der Waals surface area contributed by atoms with E-state index in [2.05, 4.69) is 26.3 Å². The number of rotatable bonds is 5. The number of hydrazone groups is 1. The highest BCUT2D eigenvalue weighted by atomic mass is 79.9. The Morgan fingerprint density at radius 2 is 2.10 bits per heavy atom. The summed E-state index contributed by atoms with van der Waals surface area (Å²) in [7, 11) is 0. The van der Waals surface area contributed by atoms with Crippen molar-refractivity contribution in [3.05, 3.63) is 63.1 Å². The van der Waals surface area contributed by atoms with Crippen LogP contribution in [0.3, 0.4) is 0 Å². The van der Waals surface area contributed by atoms with Crippen LogP contribution in [-0.4, -0.2) is 41.5 Å². The first-order chi connectivity index (χ1) is 15.0. The molecule has 2 aliphatic rings. The van der Waals surface area contributed by atoms with Gasteiger partial charge in [0, 0.05) is 15.3 Å². The van der Waals surface area contributed by atoms with Crippen LogP contribution in [0.2, 0.25) is 0 Å². The quantitative estimate of drug-likeness (QED) is 0.627. The molecule has 0 bridgehead atoms. The van der Waals surface area contributed by atoms with Gasteiger partial charge in [-0.15, -0.1) is 5.10 Å². The molecule has 160 valence electrons. The minimum Gasteiger partial charge on any atom is -0.481 e. The molecule has 2 aromatic carbocycles. The molecule has 8 nitrogen and oxygen atoms in total. The van der Waals surface area contributed by atoms with Gasteiger partial charge in [0.15, 0.2) is 17.9 Å². The van der Waals surface area contributed by atoms with Crippen LogP contribution in [0.5, 0.6) is 5.75 Å². The number of nitrogens with zero attached hydrogens (tertiary/aromatic N) is 3. The SMILES string of the molecule is CCOC(=O)COc1ccccc1C1N=c2ccc(Br)cc2=C2C(=O)NC(SC)=NN21. The van der Waals surface area contributed by atoms with Gasteiger partial charge in [0.1, 0.15) is 11.4 Å². The van der Waals surface area contributed by atoms with E-state index in [1.807, 2.05) is 42.7 Å². The Bertz CT molecular complexity index is 1200. The largest absolute Gasteiger partial charge is 0.481 e. The zero-order chi connectivity index (χ0) is 22.0. The third kappa shape index (κ3) is 4.31. The van der Waals surface area contributed by atoms with Crippen LogP contribution in [0, 0.1) is 0 Å². The zero-order valence-electron chi connectivity index (χ0n) is 16.8. The van der Waals surface area contributed by atoms with Crippen LogP contribution >= 0.6 is 27.7 Å². The second-order valence-electron chi connectivity index (χ2n) is 6.55. The van der Waals surface area contributed by atoms with Crippen LogP contribution in [0.4, 0.5) is 0 Å². The zero-order valence-corrected chi connectivity index (χ0v) is 19.2. The molecule has 10 heteroatoms. The molecular weight excluding hydrogens is 484 g/mol. The van der Waals surface area contributed by atoms with E-state index in [9.17, 15) is 9.59 Å². The number of thioether (sulfide) groups is 1. The molecule has 0 fully saturated rings. The van der Waals surface area contributed by atoms with Crippen molar-refractivity contribution in [2.45, 2.75) is 13.1 Å². The Hall–Kier alpha value is -2.85. The average Bonchev–Trinajstić information content (AvgIpc) is 2.77. The van der Waals surface area contributed by atoms with Gasteiger partial charge in [-0.05, 0) is 37.4 Å². The molecule has 4 rings (SSSR count). The van der Waals surface area contributed by atoms with Crippen LogP contribution in [-0.2, 0) is 14.3 Å². The number of amides is 1. The molecule has 1 unspecified atom stereocenters. The fourth-order valence-electron chi connectivity index (χ4n) is 3.31. The number of carbonyl (C=O) groups is 2. The molecule has 0 aliphatic carbocycles. The van der Waals surface area contributed by atoms with Crippen LogP contribution in [0.15, 0.2) is 57.0 Å². The lowest BCUT2D eigenvalue weighted by Crippen LogP contribution is -2.50. The Balaban J connectivity index is 1.83. The summed E-state index contributed by atoms with van der Waals surface area (Å²) in [6, 6.07) is 12.8. The summed E-state index contributed by atoms with van der Waals surface area (Å²) in [5.74, 6) is -0.250. The maximum atomic E-state index is 13.0. The summed E-state index contributed by atoms with van der Waals surface area (Å²) < 4.78 is 11.5. The number of para-hydroxylation sites is 1. The number of halogens is 1. The molecule has 1 atom stereocenters. The van der Waals surface area contributed by atoms with Crippen molar-refractivity contribution < 1.29 is 19.1 Å². The summed E-state index contributed by atoms with van der Waals surface area (Å²) in [5, 5.41) is 10.8. The van der Waals surface area contributed by atoms with E-state index in [-0.39, 0.29) is 19.1 Å². The van der Waals surface area contributed by atoms with E-state index in [0.29, 0.717) is 32.8 Å². The fraction of sp³-hybridized carbons (Fsp3) is 0.238. The average molecular weight is 503 g/mol. The highest BCUT2D eigenvalue weighted by Crippen LogP contribution is 2.35. The number of nitrogens with one attached hydrogen (secondary N) is 1. The van der Waals surface area contributed by atoms with Gasteiger partial charge in [-0.1, -0.05) is 45.9 Å². The van der Waals surface area contributed by atoms with E-state index < -0.39 is 12.1 Å². The number of hydrogen-bond donors (Lipinski definition) is 1. The normalized spacial score (nSPS) is 17.1. The number of amidine groups is 1. The number of carbonyl (C=O) groups excluding carboxylic acids is 2. The molecule has 31 heavy (non-hydrogen) atoms. The Labute approximate surface area is 191 Å². The lowest BCUT2D eigenvalue weighted by molar-refractivity contribution is -0.145. The van der Waals surface area contributed by atoms with Crippen molar-refractivity contribution in [1.29, 1.82) is 0 Å². The summed E-state index contributed by atoms with van der Waals surface area (Å²) in [6.45, 7) is 1.79. The van der Waals surface area contributed by atoms with Gasteiger partial charge in [-0.2, -0.15) is 0 Å². The highest BCUT2D eigenvalue weighted by molar-refractivity contribution is 9.10. The third-order valence-electron chi connectivity index (χ3n) is 4.61. The minimum atomic E-state index is -0.643. The highest BCUT2D eigenvalue weighted by Gasteiger charge is 2.35. The number of benzene rings is 2. The fourth-order valence-corrected chi connectivity index (χ4v) is 4.04. The molecule has 0 radical (unpaired) electrons. The number of fused-ring (bicyclic) bond motifs is 2. The first-order valence-electron chi connectivity index (χ1n) is 9.50. The van der Waals surface area contributed by atoms with E-state index >= 15 is 0 Å². The van der Waals surface area contributed by atoms with E-state index in [4.69, 9.17) is 14.5 Å². The van der Waals surface area contributed by atoms with Gasteiger partial charge in [0.05, 0.1) is 12.0 Å². The maximum absolute atomic E-state index is 13.0. The molecule has 1 amide bonds. The van der Waals surface area contributed by atoms with Crippen molar-refractivity contribution in [3.63, 3.8) is 0 Å². The number of esters is 1. The molecule has 1 N–H and O–H groups in total. The lowest BCUT2D eigenvalue weighted by atomic mass is 10.1. The topological polar surface area (TPSA) is 92.6 Å². The Kier molecular flexibility index (Phi) is 6.28. The van der Waals surface area contributed by atoms with Gasteiger partial charge in [-0.3, -0.25) is 15.1 Å². The number of hydrogen-bond acceptors (Lipinski definition) is 8. The summed E-state index contributed by atoms with van der Waals surface area (Å²) in [5.41, 5.74) is 1.08. The van der Waals surface area contributed by atoms with Crippen LogP contribution in [0.1, 0.15) is 18.7 Å². The van der Waals surface area contributed by atoms with Gasteiger partial charge >= 0.3 is 5.97 Å². The Morgan fingerprint density at radius 1 is 1.29 bits per heavy atom. The molecule has 0 aromatic heterocycles. The van der Waals surface area contributed by atoms with E-state index in [1.54, 1.807) is 18.0 Å². The predicted octanol–water partition coefficient (Wildman–Crippen LogP) is 1.90. The van der Waals surface area contributed by atoms with Gasteiger partial charge in [0.25, 0.3) is 5.91 Å². The monoisotopic (exact) mass is 502 g/mol. The minimum absolute atomic E-state index is 0.225. The lowest BCUT2D eigenvalue weighted by Gasteiger charge is -2.34. The van der Waals surface area contributed by atoms with Crippen molar-refractivity contribution in [3.8, 4) is 5.75 Å². The first-order valence-corrected chi connectivity index (χ1v) is 11.5. The first kappa shape index (κ1) is 21.4.